The van der Waals surface area contributed by atoms with Crippen LogP contribution in [-0.2, 0) is 4.79 Å². The van der Waals surface area contributed by atoms with Crippen molar-refractivity contribution in [3.8, 4) is 0 Å². The second-order valence-corrected chi connectivity index (χ2v) is 8.25. The molecule has 0 aromatic carbocycles. The van der Waals surface area contributed by atoms with Gasteiger partial charge in [0.2, 0.25) is 5.91 Å². The monoisotopic (exact) mass is 364 g/mol. The zero-order chi connectivity index (χ0) is 18.5. The fraction of sp³-hybridized carbons (Fsp3) is 0.895. The van der Waals surface area contributed by atoms with Gasteiger partial charge in [-0.25, -0.2) is 0 Å². The van der Waals surface area contributed by atoms with Crippen molar-refractivity contribution in [3.63, 3.8) is 0 Å². The molecule has 0 bridgehead atoms. The quantitative estimate of drug-likeness (QED) is 0.551. The van der Waals surface area contributed by atoms with E-state index in [1.807, 2.05) is 7.05 Å². The van der Waals surface area contributed by atoms with E-state index in [2.05, 4.69) is 44.4 Å². The molecule has 0 spiro atoms. The van der Waals surface area contributed by atoms with Crippen LogP contribution in [0.2, 0.25) is 0 Å². The van der Waals surface area contributed by atoms with Crippen LogP contribution in [-0.4, -0.2) is 99.1 Å². The second kappa shape index (κ2) is 9.04. The summed E-state index contributed by atoms with van der Waals surface area (Å²) in [4.78, 5) is 23.8. The third kappa shape index (κ3) is 4.88. The molecule has 2 heterocycles. The number of piperazine rings is 1. The van der Waals surface area contributed by atoms with Crippen LogP contribution in [0.4, 0.5) is 0 Å². The van der Waals surface area contributed by atoms with E-state index in [-0.39, 0.29) is 5.92 Å². The molecule has 2 atom stereocenters. The molecular formula is C19H36N6O. The molecule has 0 aromatic rings. The largest absolute Gasteiger partial charge is 0.355 e. The number of nitrogens with zero attached hydrogens (tertiary/aromatic N) is 4. The molecule has 2 saturated heterocycles. The predicted molar refractivity (Wildman–Crippen MR) is 105 cm³/mol. The van der Waals surface area contributed by atoms with Crippen LogP contribution in [0, 0.1) is 5.92 Å². The van der Waals surface area contributed by atoms with Gasteiger partial charge in [0.05, 0.1) is 0 Å². The Kier molecular flexibility index (Phi) is 6.75. The molecule has 7 nitrogen and oxygen atoms in total. The number of carbonyl (C=O) groups is 1. The Hall–Kier alpha value is -1.34. The smallest absolute Gasteiger partial charge is 0.225 e. The fourth-order valence-corrected chi connectivity index (χ4v) is 4.43. The van der Waals surface area contributed by atoms with E-state index >= 15 is 0 Å². The normalized spacial score (nSPS) is 29.3. The van der Waals surface area contributed by atoms with Gasteiger partial charge in [-0.15, -0.1) is 0 Å². The molecule has 0 radical (unpaired) electrons. The highest BCUT2D eigenvalue weighted by Gasteiger charge is 2.32. The van der Waals surface area contributed by atoms with Crippen molar-refractivity contribution in [1.29, 1.82) is 0 Å². The molecule has 148 valence electrons. The highest BCUT2D eigenvalue weighted by molar-refractivity contribution is 5.81. The van der Waals surface area contributed by atoms with Gasteiger partial charge in [0, 0.05) is 64.3 Å². The van der Waals surface area contributed by atoms with Crippen LogP contribution < -0.4 is 10.6 Å². The molecule has 2 unspecified atom stereocenters. The topological polar surface area (TPSA) is 63.2 Å². The Morgan fingerprint density at radius 3 is 2.58 bits per heavy atom. The number of nitrogens with one attached hydrogen (secondary N) is 2. The van der Waals surface area contributed by atoms with Gasteiger partial charge in [-0.05, 0) is 33.4 Å². The second-order valence-electron chi connectivity index (χ2n) is 8.25. The molecule has 3 rings (SSSR count). The number of hydrogen-bond acceptors (Lipinski definition) is 4. The maximum Gasteiger partial charge on any atom is 0.225 e. The van der Waals surface area contributed by atoms with E-state index in [1.165, 1.54) is 12.8 Å². The Morgan fingerprint density at radius 2 is 1.85 bits per heavy atom. The summed E-state index contributed by atoms with van der Waals surface area (Å²) in [7, 11) is 6.20. The maximum atomic E-state index is 12.6. The summed E-state index contributed by atoms with van der Waals surface area (Å²) in [6, 6.07) is 0.801. The molecule has 7 heteroatoms. The SMILES string of the molecule is CN=C(NCC1CN(C)CCN1C)NC1CCN(C(=O)C2CCCC2)C1. The molecule has 2 N–H and O–H groups in total. The van der Waals surface area contributed by atoms with Crippen molar-refractivity contribution < 1.29 is 4.79 Å². The molecular weight excluding hydrogens is 328 g/mol. The van der Waals surface area contributed by atoms with Gasteiger partial charge in [0.25, 0.3) is 0 Å². The summed E-state index contributed by atoms with van der Waals surface area (Å²) in [5, 5.41) is 7.00. The minimum atomic E-state index is 0.282. The molecule has 1 aliphatic carbocycles. The fourth-order valence-electron chi connectivity index (χ4n) is 4.43. The van der Waals surface area contributed by atoms with Gasteiger partial charge >= 0.3 is 0 Å². The number of likely N-dealkylation sites (N-methyl/N-ethyl adjacent to an activating group) is 2. The van der Waals surface area contributed by atoms with Crippen molar-refractivity contribution in [2.24, 2.45) is 10.9 Å². The van der Waals surface area contributed by atoms with Crippen molar-refractivity contribution >= 4 is 11.9 Å². The lowest BCUT2D eigenvalue weighted by molar-refractivity contribution is -0.134. The van der Waals surface area contributed by atoms with E-state index in [1.54, 1.807) is 0 Å². The molecule has 3 fully saturated rings. The average Bonchev–Trinajstić information content (AvgIpc) is 3.32. The average molecular weight is 365 g/mol. The van der Waals surface area contributed by atoms with Crippen LogP contribution in [0.3, 0.4) is 0 Å². The maximum absolute atomic E-state index is 12.6. The lowest BCUT2D eigenvalue weighted by Crippen LogP contribution is -2.56. The van der Waals surface area contributed by atoms with Crippen LogP contribution >= 0.6 is 0 Å². The van der Waals surface area contributed by atoms with Crippen LogP contribution in [0.1, 0.15) is 32.1 Å². The van der Waals surface area contributed by atoms with Gasteiger partial charge < -0.3 is 20.4 Å². The number of aliphatic imine (C=N–C) groups is 1. The third-order valence-electron chi connectivity index (χ3n) is 6.25. The van der Waals surface area contributed by atoms with E-state index in [0.717, 1.165) is 64.5 Å². The summed E-state index contributed by atoms with van der Waals surface area (Å²) in [5.74, 6) is 1.51. The number of hydrogen-bond donors (Lipinski definition) is 2. The van der Waals surface area contributed by atoms with Gasteiger partial charge in [-0.2, -0.15) is 0 Å². The number of rotatable bonds is 4. The highest BCUT2D eigenvalue weighted by Crippen LogP contribution is 2.27. The standard InChI is InChI=1S/C19H36N6O/c1-20-19(21-12-17-14-23(2)10-11-24(17)3)22-16-8-9-25(13-16)18(26)15-6-4-5-7-15/h15-17H,4-14H2,1-3H3,(H2,20,21,22). The summed E-state index contributed by atoms with van der Waals surface area (Å²) in [6.07, 6.45) is 5.60. The van der Waals surface area contributed by atoms with E-state index in [4.69, 9.17) is 0 Å². The Labute approximate surface area is 158 Å². The zero-order valence-electron chi connectivity index (χ0n) is 16.7. The summed E-state index contributed by atoms with van der Waals surface area (Å²) in [6.45, 7) is 5.89. The zero-order valence-corrected chi connectivity index (χ0v) is 16.7. The molecule has 3 aliphatic rings. The first-order valence-corrected chi connectivity index (χ1v) is 10.2. The van der Waals surface area contributed by atoms with Gasteiger partial charge in [0.1, 0.15) is 0 Å². The number of carbonyl (C=O) groups excluding carboxylic acids is 1. The Morgan fingerprint density at radius 1 is 1.08 bits per heavy atom. The minimum absolute atomic E-state index is 0.282. The van der Waals surface area contributed by atoms with E-state index in [9.17, 15) is 4.79 Å². The predicted octanol–water partition coefficient (Wildman–Crippen LogP) is 0.188. The van der Waals surface area contributed by atoms with Crippen molar-refractivity contribution in [3.05, 3.63) is 0 Å². The molecule has 1 amide bonds. The summed E-state index contributed by atoms with van der Waals surface area (Å²) >= 11 is 0. The first-order chi connectivity index (χ1) is 12.6. The minimum Gasteiger partial charge on any atom is -0.355 e. The van der Waals surface area contributed by atoms with Crippen LogP contribution in [0.15, 0.2) is 4.99 Å². The van der Waals surface area contributed by atoms with Gasteiger partial charge in [0.15, 0.2) is 5.96 Å². The third-order valence-corrected chi connectivity index (χ3v) is 6.25. The number of likely N-dealkylation sites (tertiary alicyclic amines) is 1. The van der Waals surface area contributed by atoms with Crippen molar-refractivity contribution in [2.45, 2.75) is 44.2 Å². The molecule has 0 aromatic heterocycles. The first-order valence-electron chi connectivity index (χ1n) is 10.2. The van der Waals surface area contributed by atoms with Crippen molar-refractivity contribution in [1.82, 2.24) is 25.3 Å². The van der Waals surface area contributed by atoms with Crippen molar-refractivity contribution in [2.75, 3.05) is 60.4 Å². The summed E-state index contributed by atoms with van der Waals surface area (Å²) in [5.41, 5.74) is 0. The number of amides is 1. The van der Waals surface area contributed by atoms with Gasteiger partial charge in [-0.3, -0.25) is 14.7 Å². The molecule has 2 aliphatic heterocycles. The Bertz CT molecular complexity index is 504. The molecule has 26 heavy (non-hydrogen) atoms. The van der Waals surface area contributed by atoms with E-state index in [0.29, 0.717) is 18.0 Å². The molecule has 1 saturated carbocycles. The van der Waals surface area contributed by atoms with Crippen LogP contribution in [0.5, 0.6) is 0 Å². The lowest BCUT2D eigenvalue weighted by Gasteiger charge is -2.38. The number of guanidine groups is 1. The van der Waals surface area contributed by atoms with Gasteiger partial charge in [-0.1, -0.05) is 12.8 Å². The van der Waals surface area contributed by atoms with E-state index < -0.39 is 0 Å². The Balaban J connectivity index is 1.43. The summed E-state index contributed by atoms with van der Waals surface area (Å²) < 4.78 is 0. The first kappa shape index (κ1) is 19.4. The lowest BCUT2D eigenvalue weighted by atomic mass is 10.1. The van der Waals surface area contributed by atoms with Crippen LogP contribution in [0.25, 0.3) is 0 Å². The highest BCUT2D eigenvalue weighted by atomic mass is 16.2.